The van der Waals surface area contributed by atoms with Gasteiger partial charge in [-0.1, -0.05) is 43.1 Å². The first-order valence-electron chi connectivity index (χ1n) is 4.46. The molecule has 1 aromatic carbocycles. The largest absolute Gasteiger partial charge is 0.303 e. The van der Waals surface area contributed by atoms with Crippen LogP contribution >= 0.6 is 23.2 Å². The highest BCUT2D eigenvalue weighted by atomic mass is 35.5. The molecule has 0 fully saturated rings. The van der Waals surface area contributed by atoms with Gasteiger partial charge < -0.3 is 4.79 Å². The molecule has 1 nitrogen and oxygen atoms in total. The van der Waals surface area contributed by atoms with Gasteiger partial charge in [0.25, 0.3) is 0 Å². The summed E-state index contributed by atoms with van der Waals surface area (Å²) < 4.78 is 0. The van der Waals surface area contributed by atoms with Crippen LogP contribution in [0.3, 0.4) is 0 Å². The van der Waals surface area contributed by atoms with E-state index < -0.39 is 0 Å². The van der Waals surface area contributed by atoms with Gasteiger partial charge in [-0.3, -0.25) is 0 Å². The van der Waals surface area contributed by atoms with Crippen molar-refractivity contribution < 1.29 is 4.79 Å². The molecule has 14 heavy (non-hydrogen) atoms. The molecular formula is C11H12Cl2O. The van der Waals surface area contributed by atoms with Crippen molar-refractivity contribution in [1.29, 1.82) is 0 Å². The number of benzene rings is 1. The van der Waals surface area contributed by atoms with Gasteiger partial charge in [0.05, 0.1) is 10.0 Å². The summed E-state index contributed by atoms with van der Waals surface area (Å²) in [5.41, 5.74) is 1.04. The molecule has 0 radical (unpaired) electrons. The molecule has 0 aliphatic heterocycles. The Hall–Kier alpha value is -0.530. The van der Waals surface area contributed by atoms with Crippen molar-refractivity contribution in [2.45, 2.75) is 19.8 Å². The number of halogens is 2. The van der Waals surface area contributed by atoms with Gasteiger partial charge in [-0.15, -0.1) is 0 Å². The zero-order valence-electron chi connectivity index (χ0n) is 8.13. The van der Waals surface area contributed by atoms with Gasteiger partial charge >= 0.3 is 0 Å². The Morgan fingerprint density at radius 3 is 2.36 bits per heavy atom. The van der Waals surface area contributed by atoms with Crippen LogP contribution in [0.1, 0.15) is 25.3 Å². The number of rotatable bonds is 3. The molecule has 0 spiro atoms. The average Bonchev–Trinajstić information content (AvgIpc) is 2.20. The fourth-order valence-corrected chi connectivity index (χ4v) is 1.52. The molecule has 2 atom stereocenters. The number of hydrogen-bond acceptors (Lipinski definition) is 1. The summed E-state index contributed by atoms with van der Waals surface area (Å²) in [6.45, 7) is 3.89. The second-order valence-electron chi connectivity index (χ2n) is 3.46. The maximum atomic E-state index is 10.6. The molecule has 76 valence electrons. The molecule has 0 saturated heterocycles. The van der Waals surface area contributed by atoms with Gasteiger partial charge in [-0.2, -0.15) is 0 Å². The fraction of sp³-hybridized carbons (Fsp3) is 0.364. The second kappa shape index (κ2) is 4.81. The average molecular weight is 231 g/mol. The minimum Gasteiger partial charge on any atom is -0.303 e. The molecule has 0 amide bonds. The van der Waals surface area contributed by atoms with Gasteiger partial charge in [0.15, 0.2) is 0 Å². The van der Waals surface area contributed by atoms with Crippen molar-refractivity contribution in [2.24, 2.45) is 5.92 Å². The Bertz CT molecular complexity index is 336. The summed E-state index contributed by atoms with van der Waals surface area (Å²) >= 11 is 11.7. The number of aldehydes is 1. The zero-order valence-corrected chi connectivity index (χ0v) is 9.64. The third kappa shape index (κ3) is 2.49. The monoisotopic (exact) mass is 230 g/mol. The summed E-state index contributed by atoms with van der Waals surface area (Å²) in [6.07, 6.45) is 0.952. The highest BCUT2D eigenvalue weighted by molar-refractivity contribution is 6.42. The predicted octanol–water partition coefficient (Wildman–Crippen LogP) is 3.93. The lowest BCUT2D eigenvalue weighted by Gasteiger charge is -2.15. The molecular weight excluding hydrogens is 219 g/mol. The highest BCUT2D eigenvalue weighted by Gasteiger charge is 2.14. The topological polar surface area (TPSA) is 17.1 Å². The summed E-state index contributed by atoms with van der Waals surface area (Å²) in [7, 11) is 0. The first-order chi connectivity index (χ1) is 6.56. The van der Waals surface area contributed by atoms with Crippen LogP contribution in [0.15, 0.2) is 18.2 Å². The molecule has 0 heterocycles. The van der Waals surface area contributed by atoms with E-state index in [1.807, 2.05) is 26.0 Å². The quantitative estimate of drug-likeness (QED) is 0.720. The van der Waals surface area contributed by atoms with Gasteiger partial charge in [-0.25, -0.2) is 0 Å². The van der Waals surface area contributed by atoms with Gasteiger partial charge in [0, 0.05) is 5.92 Å². The minimum absolute atomic E-state index is 0.00718. The van der Waals surface area contributed by atoms with E-state index in [0.29, 0.717) is 10.0 Å². The van der Waals surface area contributed by atoms with Crippen molar-refractivity contribution >= 4 is 29.5 Å². The Morgan fingerprint density at radius 1 is 1.21 bits per heavy atom. The van der Waals surface area contributed by atoms with E-state index in [2.05, 4.69) is 0 Å². The van der Waals surface area contributed by atoms with Gasteiger partial charge in [0.2, 0.25) is 0 Å². The zero-order chi connectivity index (χ0) is 10.7. The Kier molecular flexibility index (Phi) is 3.97. The molecule has 1 aromatic rings. The van der Waals surface area contributed by atoms with Crippen molar-refractivity contribution in [3.05, 3.63) is 33.8 Å². The molecule has 0 saturated carbocycles. The molecule has 0 N–H and O–H groups in total. The molecule has 0 bridgehead atoms. The van der Waals surface area contributed by atoms with E-state index in [-0.39, 0.29) is 11.8 Å². The van der Waals surface area contributed by atoms with E-state index in [1.54, 1.807) is 6.07 Å². The standard InChI is InChI=1S/C11H12Cl2O/c1-7(6-14)8(2)9-3-4-10(12)11(13)5-9/h3-8H,1-2H3. The van der Waals surface area contributed by atoms with E-state index in [0.717, 1.165) is 11.8 Å². The lowest BCUT2D eigenvalue weighted by molar-refractivity contribution is -0.111. The first kappa shape index (κ1) is 11.5. The fourth-order valence-electron chi connectivity index (χ4n) is 1.22. The normalized spacial score (nSPS) is 14.9. The van der Waals surface area contributed by atoms with Gasteiger partial charge in [0.1, 0.15) is 6.29 Å². The predicted molar refractivity (Wildman–Crippen MR) is 60.1 cm³/mol. The summed E-state index contributed by atoms with van der Waals surface area (Å²) in [6, 6.07) is 5.47. The van der Waals surface area contributed by atoms with Crippen LogP contribution in [0.2, 0.25) is 10.0 Å². The van der Waals surface area contributed by atoms with Crippen molar-refractivity contribution in [3.63, 3.8) is 0 Å². The first-order valence-corrected chi connectivity index (χ1v) is 5.22. The Labute approximate surface area is 94.0 Å². The lowest BCUT2D eigenvalue weighted by atomic mass is 9.90. The molecule has 2 unspecified atom stereocenters. The third-order valence-electron chi connectivity index (χ3n) is 2.47. The highest BCUT2D eigenvalue weighted by Crippen LogP contribution is 2.29. The van der Waals surface area contributed by atoms with E-state index in [4.69, 9.17) is 23.2 Å². The minimum atomic E-state index is -0.00718. The number of hydrogen-bond donors (Lipinski definition) is 0. The molecule has 3 heteroatoms. The smallest absolute Gasteiger partial charge is 0.123 e. The maximum Gasteiger partial charge on any atom is 0.123 e. The second-order valence-corrected chi connectivity index (χ2v) is 4.27. The lowest BCUT2D eigenvalue weighted by Crippen LogP contribution is -2.07. The molecule has 0 aliphatic carbocycles. The van der Waals surface area contributed by atoms with Crippen LogP contribution < -0.4 is 0 Å². The SMILES string of the molecule is CC(C=O)C(C)c1ccc(Cl)c(Cl)c1. The molecule has 1 rings (SSSR count). The van der Waals surface area contributed by atoms with Crippen LogP contribution in [0.5, 0.6) is 0 Å². The van der Waals surface area contributed by atoms with Crippen LogP contribution in [0.4, 0.5) is 0 Å². The van der Waals surface area contributed by atoms with Crippen molar-refractivity contribution in [2.75, 3.05) is 0 Å². The van der Waals surface area contributed by atoms with E-state index in [1.165, 1.54) is 0 Å². The third-order valence-corrected chi connectivity index (χ3v) is 3.21. The van der Waals surface area contributed by atoms with Crippen molar-refractivity contribution in [3.8, 4) is 0 Å². The summed E-state index contributed by atoms with van der Waals surface area (Å²) in [4.78, 5) is 10.6. The summed E-state index contributed by atoms with van der Waals surface area (Å²) in [5.74, 6) is 0.162. The van der Waals surface area contributed by atoms with Crippen molar-refractivity contribution in [1.82, 2.24) is 0 Å². The summed E-state index contributed by atoms with van der Waals surface area (Å²) in [5, 5.41) is 1.08. The number of carbonyl (C=O) groups is 1. The maximum absolute atomic E-state index is 10.6. The van der Waals surface area contributed by atoms with E-state index in [9.17, 15) is 4.79 Å². The van der Waals surface area contributed by atoms with Crippen LogP contribution in [0.25, 0.3) is 0 Å². The Balaban J connectivity index is 2.96. The van der Waals surface area contributed by atoms with Crippen LogP contribution in [-0.2, 0) is 4.79 Å². The van der Waals surface area contributed by atoms with Gasteiger partial charge in [-0.05, 0) is 23.6 Å². The number of carbonyl (C=O) groups excluding carboxylic acids is 1. The molecule has 0 aliphatic rings. The van der Waals surface area contributed by atoms with E-state index >= 15 is 0 Å². The molecule has 0 aromatic heterocycles. The van der Waals surface area contributed by atoms with Crippen LogP contribution in [-0.4, -0.2) is 6.29 Å². The van der Waals surface area contributed by atoms with Crippen LogP contribution in [0, 0.1) is 5.92 Å². The Morgan fingerprint density at radius 2 is 1.86 bits per heavy atom.